The molecular weight excluding hydrogens is 292 g/mol. The molecule has 6 heteroatoms. The summed E-state index contributed by atoms with van der Waals surface area (Å²) in [6, 6.07) is 12.3. The van der Waals surface area contributed by atoms with Crippen LogP contribution < -0.4 is 15.5 Å². The van der Waals surface area contributed by atoms with Gasteiger partial charge in [0.15, 0.2) is 5.76 Å². The number of piperidine rings is 1. The molecule has 3 rings (SSSR count). The van der Waals surface area contributed by atoms with Crippen molar-refractivity contribution in [2.24, 2.45) is 0 Å². The third-order valence-corrected chi connectivity index (χ3v) is 4.05. The SMILES string of the molecule is Cc1cc(CNC(=O)NC2CCN(c3ccccc3)CC2)on1. The molecule has 23 heavy (non-hydrogen) atoms. The third-order valence-electron chi connectivity index (χ3n) is 4.05. The van der Waals surface area contributed by atoms with Crippen LogP contribution in [0.3, 0.4) is 0 Å². The first kappa shape index (κ1) is 15.4. The molecule has 2 heterocycles. The van der Waals surface area contributed by atoms with Crippen molar-refractivity contribution >= 4 is 11.7 Å². The molecule has 2 amide bonds. The van der Waals surface area contributed by atoms with Crippen LogP contribution in [0.25, 0.3) is 0 Å². The normalized spacial score (nSPS) is 15.4. The number of hydrogen-bond donors (Lipinski definition) is 2. The lowest BCUT2D eigenvalue weighted by atomic mass is 10.0. The number of nitrogens with one attached hydrogen (secondary N) is 2. The van der Waals surface area contributed by atoms with Gasteiger partial charge in [-0.2, -0.15) is 0 Å². The van der Waals surface area contributed by atoms with Gasteiger partial charge >= 0.3 is 6.03 Å². The molecule has 1 aliphatic rings. The highest BCUT2D eigenvalue weighted by Crippen LogP contribution is 2.19. The number of para-hydroxylation sites is 1. The molecular formula is C17H22N4O2. The van der Waals surface area contributed by atoms with Crippen molar-refractivity contribution in [3.63, 3.8) is 0 Å². The lowest BCUT2D eigenvalue weighted by Crippen LogP contribution is -2.47. The van der Waals surface area contributed by atoms with Gasteiger partial charge in [-0.1, -0.05) is 23.4 Å². The van der Waals surface area contributed by atoms with E-state index in [1.165, 1.54) is 5.69 Å². The highest BCUT2D eigenvalue weighted by molar-refractivity contribution is 5.74. The van der Waals surface area contributed by atoms with Crippen molar-refractivity contribution in [3.8, 4) is 0 Å². The topological polar surface area (TPSA) is 70.4 Å². The summed E-state index contributed by atoms with van der Waals surface area (Å²) in [5.41, 5.74) is 2.06. The highest BCUT2D eigenvalue weighted by Gasteiger charge is 2.20. The predicted octanol–water partition coefficient (Wildman–Crippen LogP) is 2.45. The molecule has 2 N–H and O–H groups in total. The third kappa shape index (κ3) is 4.25. The van der Waals surface area contributed by atoms with Gasteiger partial charge in [-0.15, -0.1) is 0 Å². The number of carbonyl (C=O) groups excluding carboxylic acids is 1. The Hall–Kier alpha value is -2.50. The van der Waals surface area contributed by atoms with Gasteiger partial charge in [-0.05, 0) is 31.9 Å². The summed E-state index contributed by atoms with van der Waals surface area (Å²) in [5.74, 6) is 0.663. The van der Waals surface area contributed by atoms with E-state index in [1.807, 2.05) is 19.1 Å². The van der Waals surface area contributed by atoms with Crippen molar-refractivity contribution in [2.75, 3.05) is 18.0 Å². The number of anilines is 1. The maximum absolute atomic E-state index is 11.9. The molecule has 1 aromatic heterocycles. The first-order valence-corrected chi connectivity index (χ1v) is 7.97. The quantitative estimate of drug-likeness (QED) is 0.909. The van der Waals surface area contributed by atoms with Crippen molar-refractivity contribution < 1.29 is 9.32 Å². The molecule has 1 saturated heterocycles. The van der Waals surface area contributed by atoms with Crippen LogP contribution in [0.1, 0.15) is 24.3 Å². The maximum Gasteiger partial charge on any atom is 0.315 e. The molecule has 1 fully saturated rings. The zero-order valence-electron chi connectivity index (χ0n) is 13.3. The van der Waals surface area contributed by atoms with Crippen molar-refractivity contribution in [1.82, 2.24) is 15.8 Å². The van der Waals surface area contributed by atoms with E-state index in [1.54, 1.807) is 0 Å². The van der Waals surface area contributed by atoms with Crippen LogP contribution in [-0.2, 0) is 6.54 Å². The number of carbonyl (C=O) groups is 1. The summed E-state index contributed by atoms with van der Waals surface area (Å²) >= 11 is 0. The van der Waals surface area contributed by atoms with E-state index < -0.39 is 0 Å². The lowest BCUT2D eigenvalue weighted by Gasteiger charge is -2.33. The first-order chi connectivity index (χ1) is 11.2. The summed E-state index contributed by atoms with van der Waals surface area (Å²) in [6.45, 7) is 4.12. The fourth-order valence-electron chi connectivity index (χ4n) is 2.82. The lowest BCUT2D eigenvalue weighted by molar-refractivity contribution is 0.232. The number of amides is 2. The van der Waals surface area contributed by atoms with Crippen molar-refractivity contribution in [1.29, 1.82) is 0 Å². The van der Waals surface area contributed by atoms with Crippen LogP contribution >= 0.6 is 0 Å². The number of rotatable bonds is 4. The smallest absolute Gasteiger partial charge is 0.315 e. The summed E-state index contributed by atoms with van der Waals surface area (Å²) in [7, 11) is 0. The van der Waals surface area contributed by atoms with E-state index in [2.05, 4.69) is 45.0 Å². The minimum absolute atomic E-state index is 0.155. The van der Waals surface area contributed by atoms with Crippen molar-refractivity contribution in [3.05, 3.63) is 47.9 Å². The van der Waals surface area contributed by atoms with E-state index in [0.717, 1.165) is 31.6 Å². The van der Waals surface area contributed by atoms with Crippen LogP contribution in [0.4, 0.5) is 10.5 Å². The Balaban J connectivity index is 1.41. The van der Waals surface area contributed by atoms with E-state index >= 15 is 0 Å². The molecule has 0 spiro atoms. The Labute approximate surface area is 135 Å². The molecule has 0 bridgehead atoms. The van der Waals surface area contributed by atoms with E-state index in [-0.39, 0.29) is 12.1 Å². The Morgan fingerprint density at radius 2 is 2.04 bits per heavy atom. The van der Waals surface area contributed by atoms with Crippen LogP contribution in [0.5, 0.6) is 0 Å². The number of urea groups is 1. The van der Waals surface area contributed by atoms with Crippen LogP contribution in [-0.4, -0.2) is 30.3 Å². The molecule has 2 aromatic rings. The molecule has 122 valence electrons. The Morgan fingerprint density at radius 3 is 2.70 bits per heavy atom. The summed E-state index contributed by atoms with van der Waals surface area (Å²) in [5, 5.41) is 9.63. The Morgan fingerprint density at radius 1 is 1.30 bits per heavy atom. The average Bonchev–Trinajstić information content (AvgIpc) is 3.00. The molecule has 0 radical (unpaired) electrons. The highest BCUT2D eigenvalue weighted by atomic mass is 16.5. The number of aromatic nitrogens is 1. The first-order valence-electron chi connectivity index (χ1n) is 7.97. The van der Waals surface area contributed by atoms with Crippen molar-refractivity contribution in [2.45, 2.75) is 32.4 Å². The predicted molar refractivity (Wildman–Crippen MR) is 88.3 cm³/mol. The van der Waals surface area contributed by atoms with Crippen LogP contribution in [0.15, 0.2) is 40.9 Å². The van der Waals surface area contributed by atoms with Gasteiger partial charge in [0.1, 0.15) is 0 Å². The van der Waals surface area contributed by atoms with Gasteiger partial charge < -0.3 is 20.1 Å². The summed E-state index contributed by atoms with van der Waals surface area (Å²) in [4.78, 5) is 14.3. The number of benzene rings is 1. The zero-order chi connectivity index (χ0) is 16.1. The minimum atomic E-state index is -0.155. The summed E-state index contributed by atoms with van der Waals surface area (Å²) in [6.07, 6.45) is 1.90. The fraction of sp³-hybridized carbons (Fsp3) is 0.412. The summed E-state index contributed by atoms with van der Waals surface area (Å²) < 4.78 is 5.07. The zero-order valence-corrected chi connectivity index (χ0v) is 13.3. The van der Waals surface area contributed by atoms with E-state index in [0.29, 0.717) is 12.3 Å². The molecule has 1 aromatic carbocycles. The number of aryl methyl sites for hydroxylation is 1. The maximum atomic E-state index is 11.9. The van der Waals surface area contributed by atoms with E-state index in [4.69, 9.17) is 4.52 Å². The Kier molecular flexibility index (Phi) is 4.80. The number of hydrogen-bond acceptors (Lipinski definition) is 4. The molecule has 0 aliphatic carbocycles. The van der Waals surface area contributed by atoms with E-state index in [9.17, 15) is 4.79 Å². The largest absolute Gasteiger partial charge is 0.371 e. The van der Waals surface area contributed by atoms with Gasteiger partial charge in [0.2, 0.25) is 0 Å². The van der Waals surface area contributed by atoms with Gasteiger partial charge in [0.05, 0.1) is 12.2 Å². The second-order valence-corrected chi connectivity index (χ2v) is 5.86. The molecule has 0 atom stereocenters. The molecule has 6 nitrogen and oxygen atoms in total. The minimum Gasteiger partial charge on any atom is -0.371 e. The Bertz CT molecular complexity index is 633. The fourth-order valence-corrected chi connectivity index (χ4v) is 2.82. The number of nitrogens with zero attached hydrogens (tertiary/aromatic N) is 2. The molecule has 0 unspecified atom stereocenters. The second-order valence-electron chi connectivity index (χ2n) is 5.86. The second kappa shape index (κ2) is 7.17. The molecule has 1 aliphatic heterocycles. The monoisotopic (exact) mass is 314 g/mol. The molecule has 0 saturated carbocycles. The standard InChI is InChI=1S/C17H22N4O2/c1-13-11-16(23-20-13)12-18-17(22)19-14-7-9-21(10-8-14)15-5-3-2-4-6-15/h2-6,11,14H,7-10,12H2,1H3,(H2,18,19,22). The van der Waals surface area contributed by atoms with Gasteiger partial charge in [0.25, 0.3) is 0 Å². The van der Waals surface area contributed by atoms with Crippen LogP contribution in [0.2, 0.25) is 0 Å². The average molecular weight is 314 g/mol. The van der Waals surface area contributed by atoms with Gasteiger partial charge in [-0.3, -0.25) is 0 Å². The van der Waals surface area contributed by atoms with Crippen LogP contribution in [0, 0.1) is 6.92 Å². The van der Waals surface area contributed by atoms with Gasteiger partial charge in [0, 0.05) is 30.9 Å². The van der Waals surface area contributed by atoms with Gasteiger partial charge in [-0.25, -0.2) is 4.79 Å².